The van der Waals surface area contributed by atoms with Gasteiger partial charge >= 0.3 is 0 Å². The SMILES string of the molecule is COc1ccccc1-c1cc2c(=O)n(Cc3cc(C)ccc3C)ccn2n1. The second-order valence-electron chi connectivity index (χ2n) is 6.72. The Morgan fingerprint density at radius 1 is 1.04 bits per heavy atom. The van der Waals surface area contributed by atoms with Gasteiger partial charge in [-0.1, -0.05) is 35.9 Å². The number of methoxy groups -OCH3 is 1. The molecule has 5 heteroatoms. The zero-order valence-electron chi connectivity index (χ0n) is 15.6. The Balaban J connectivity index is 1.79. The molecule has 0 bridgehead atoms. The van der Waals surface area contributed by atoms with Crippen molar-refractivity contribution >= 4 is 5.52 Å². The molecule has 0 aliphatic heterocycles. The van der Waals surface area contributed by atoms with Gasteiger partial charge in [-0.25, -0.2) is 4.52 Å². The molecule has 0 spiro atoms. The Morgan fingerprint density at radius 3 is 2.67 bits per heavy atom. The van der Waals surface area contributed by atoms with Crippen LogP contribution in [0.15, 0.2) is 65.7 Å². The summed E-state index contributed by atoms with van der Waals surface area (Å²) in [6.45, 7) is 4.67. The van der Waals surface area contributed by atoms with E-state index in [0.717, 1.165) is 16.9 Å². The predicted octanol–water partition coefficient (Wildman–Crippen LogP) is 3.84. The Kier molecular flexibility index (Phi) is 4.28. The molecule has 136 valence electrons. The van der Waals surface area contributed by atoms with Gasteiger partial charge in [0.25, 0.3) is 5.56 Å². The number of ether oxygens (including phenoxy) is 1. The predicted molar refractivity (Wildman–Crippen MR) is 106 cm³/mol. The molecule has 0 saturated carbocycles. The van der Waals surface area contributed by atoms with Crippen LogP contribution in [0.25, 0.3) is 16.8 Å². The third-order valence-corrected chi connectivity index (χ3v) is 4.83. The maximum absolute atomic E-state index is 13.0. The van der Waals surface area contributed by atoms with Crippen molar-refractivity contribution in [2.24, 2.45) is 0 Å². The van der Waals surface area contributed by atoms with Gasteiger partial charge in [0.2, 0.25) is 0 Å². The Morgan fingerprint density at radius 2 is 1.85 bits per heavy atom. The van der Waals surface area contributed by atoms with Gasteiger partial charge in [-0.3, -0.25) is 4.79 Å². The number of aromatic nitrogens is 3. The molecule has 27 heavy (non-hydrogen) atoms. The Hall–Kier alpha value is -3.34. The molecule has 0 fully saturated rings. The van der Waals surface area contributed by atoms with Crippen LogP contribution >= 0.6 is 0 Å². The van der Waals surface area contributed by atoms with Crippen molar-refractivity contribution in [3.8, 4) is 17.0 Å². The highest BCUT2D eigenvalue weighted by atomic mass is 16.5. The summed E-state index contributed by atoms with van der Waals surface area (Å²) in [5.41, 5.74) is 5.57. The van der Waals surface area contributed by atoms with Gasteiger partial charge in [0.15, 0.2) is 0 Å². The molecule has 0 amide bonds. The number of rotatable bonds is 4. The molecule has 0 unspecified atom stereocenters. The van der Waals surface area contributed by atoms with E-state index >= 15 is 0 Å². The average Bonchev–Trinajstić information content (AvgIpc) is 3.12. The second kappa shape index (κ2) is 6.76. The van der Waals surface area contributed by atoms with Crippen molar-refractivity contribution in [2.45, 2.75) is 20.4 Å². The molecule has 5 nitrogen and oxygen atoms in total. The first kappa shape index (κ1) is 17.1. The fraction of sp³-hybridized carbons (Fsp3) is 0.182. The van der Waals surface area contributed by atoms with Crippen LogP contribution < -0.4 is 10.3 Å². The maximum Gasteiger partial charge on any atom is 0.276 e. The fourth-order valence-electron chi connectivity index (χ4n) is 3.29. The molecular formula is C22H21N3O2. The molecule has 4 aromatic rings. The number of nitrogens with zero attached hydrogens (tertiary/aromatic N) is 3. The van der Waals surface area contributed by atoms with E-state index in [1.807, 2.05) is 36.5 Å². The highest BCUT2D eigenvalue weighted by molar-refractivity contribution is 5.71. The normalized spacial score (nSPS) is 11.1. The van der Waals surface area contributed by atoms with Crippen LogP contribution in [0.4, 0.5) is 0 Å². The maximum atomic E-state index is 13.0. The minimum absolute atomic E-state index is 0.0629. The summed E-state index contributed by atoms with van der Waals surface area (Å²) in [5.74, 6) is 0.733. The molecule has 4 rings (SSSR count). The molecule has 0 atom stereocenters. The first-order valence-corrected chi connectivity index (χ1v) is 8.85. The summed E-state index contributed by atoms with van der Waals surface area (Å²) in [7, 11) is 1.63. The first-order valence-electron chi connectivity index (χ1n) is 8.85. The van der Waals surface area contributed by atoms with Gasteiger partial charge in [0, 0.05) is 18.0 Å². The molecule has 2 heterocycles. The minimum Gasteiger partial charge on any atom is -0.496 e. The minimum atomic E-state index is -0.0629. The van der Waals surface area contributed by atoms with E-state index in [2.05, 4.69) is 37.1 Å². The number of aryl methyl sites for hydroxylation is 2. The third-order valence-electron chi connectivity index (χ3n) is 4.83. The van der Waals surface area contributed by atoms with Crippen molar-refractivity contribution in [3.63, 3.8) is 0 Å². The molecule has 0 aliphatic carbocycles. The molecular weight excluding hydrogens is 338 g/mol. The molecule has 2 aromatic heterocycles. The number of fused-ring (bicyclic) bond motifs is 1. The monoisotopic (exact) mass is 359 g/mol. The fourth-order valence-corrected chi connectivity index (χ4v) is 3.29. The van der Waals surface area contributed by atoms with E-state index in [1.54, 1.807) is 22.4 Å². The van der Waals surface area contributed by atoms with Crippen molar-refractivity contribution in [2.75, 3.05) is 7.11 Å². The van der Waals surface area contributed by atoms with Gasteiger partial charge < -0.3 is 9.30 Å². The topological polar surface area (TPSA) is 48.5 Å². The van der Waals surface area contributed by atoms with Gasteiger partial charge in [0.05, 0.1) is 19.3 Å². The number of benzene rings is 2. The highest BCUT2D eigenvalue weighted by Gasteiger charge is 2.13. The highest BCUT2D eigenvalue weighted by Crippen LogP contribution is 2.28. The van der Waals surface area contributed by atoms with Gasteiger partial charge in [-0.15, -0.1) is 0 Å². The first-order chi connectivity index (χ1) is 13.1. The second-order valence-corrected chi connectivity index (χ2v) is 6.72. The van der Waals surface area contributed by atoms with Crippen molar-refractivity contribution in [1.29, 1.82) is 0 Å². The van der Waals surface area contributed by atoms with E-state index in [9.17, 15) is 4.79 Å². The van der Waals surface area contributed by atoms with Crippen LogP contribution in [-0.2, 0) is 6.54 Å². The van der Waals surface area contributed by atoms with Crippen LogP contribution in [0.1, 0.15) is 16.7 Å². The van der Waals surface area contributed by atoms with E-state index in [0.29, 0.717) is 17.8 Å². The summed E-state index contributed by atoms with van der Waals surface area (Å²) in [6.07, 6.45) is 3.61. The Labute approximate surface area is 157 Å². The lowest BCUT2D eigenvalue weighted by Gasteiger charge is -2.10. The summed E-state index contributed by atoms with van der Waals surface area (Å²) < 4.78 is 8.78. The lowest BCUT2D eigenvalue weighted by molar-refractivity contribution is 0.416. The van der Waals surface area contributed by atoms with Gasteiger partial charge in [-0.2, -0.15) is 5.10 Å². The standard InChI is InChI=1S/C22H21N3O2/c1-15-8-9-16(2)17(12-15)14-24-10-11-25-20(22(24)26)13-19(23-25)18-6-4-5-7-21(18)27-3/h4-13H,14H2,1-3H3. The molecule has 0 radical (unpaired) electrons. The van der Waals surface area contributed by atoms with E-state index in [1.165, 1.54) is 11.1 Å². The van der Waals surface area contributed by atoms with Crippen molar-refractivity contribution < 1.29 is 4.74 Å². The smallest absolute Gasteiger partial charge is 0.276 e. The molecule has 0 N–H and O–H groups in total. The van der Waals surface area contributed by atoms with Crippen LogP contribution in [0.3, 0.4) is 0 Å². The van der Waals surface area contributed by atoms with Crippen LogP contribution in [0.2, 0.25) is 0 Å². The summed E-state index contributed by atoms with van der Waals surface area (Å²) in [5, 5.41) is 4.56. The number of hydrogen-bond donors (Lipinski definition) is 0. The number of para-hydroxylation sites is 1. The summed E-state index contributed by atoms with van der Waals surface area (Å²) in [4.78, 5) is 13.0. The molecule has 2 aromatic carbocycles. The van der Waals surface area contributed by atoms with Crippen molar-refractivity contribution in [1.82, 2.24) is 14.2 Å². The van der Waals surface area contributed by atoms with Crippen LogP contribution in [0.5, 0.6) is 5.75 Å². The van der Waals surface area contributed by atoms with Crippen LogP contribution in [0, 0.1) is 13.8 Å². The molecule has 0 saturated heterocycles. The summed E-state index contributed by atoms with van der Waals surface area (Å²) >= 11 is 0. The van der Waals surface area contributed by atoms with Crippen molar-refractivity contribution in [3.05, 3.63) is 88.0 Å². The zero-order valence-corrected chi connectivity index (χ0v) is 15.6. The number of hydrogen-bond acceptors (Lipinski definition) is 3. The zero-order chi connectivity index (χ0) is 19.0. The lowest BCUT2D eigenvalue weighted by atomic mass is 10.1. The molecule has 0 aliphatic rings. The Bertz CT molecular complexity index is 1190. The van der Waals surface area contributed by atoms with E-state index in [4.69, 9.17) is 4.74 Å². The van der Waals surface area contributed by atoms with Crippen LogP contribution in [-0.4, -0.2) is 21.3 Å². The third kappa shape index (κ3) is 3.12. The van der Waals surface area contributed by atoms with E-state index in [-0.39, 0.29) is 5.56 Å². The quantitative estimate of drug-likeness (QED) is 0.556. The average molecular weight is 359 g/mol. The lowest BCUT2D eigenvalue weighted by Crippen LogP contribution is -2.22. The van der Waals surface area contributed by atoms with Gasteiger partial charge in [-0.05, 0) is 43.2 Å². The van der Waals surface area contributed by atoms with Gasteiger partial charge in [0.1, 0.15) is 11.3 Å². The largest absolute Gasteiger partial charge is 0.496 e. The van der Waals surface area contributed by atoms with E-state index < -0.39 is 0 Å². The summed E-state index contributed by atoms with van der Waals surface area (Å²) in [6, 6.07) is 15.8.